The number of nitrogens with zero attached hydrogens (tertiary/aromatic N) is 2. The topological polar surface area (TPSA) is 250 Å². The van der Waals surface area contributed by atoms with Gasteiger partial charge in [-0.25, -0.2) is 22.9 Å². The minimum atomic E-state index is -5.78. The van der Waals surface area contributed by atoms with E-state index in [2.05, 4.69) is 24.0 Å². The summed E-state index contributed by atoms with van der Waals surface area (Å²) in [6.45, 7) is -1.89. The number of hydrogen-bond acceptors (Lipinski definition) is 11. The molecule has 2 heterocycles. The second kappa shape index (κ2) is 9.80. The van der Waals surface area contributed by atoms with E-state index in [1.165, 1.54) is 0 Å². The van der Waals surface area contributed by atoms with Crippen LogP contribution < -0.4 is 11.4 Å². The summed E-state index contributed by atoms with van der Waals surface area (Å²) in [5, 5.41) is 9.71. The number of nitrogens with two attached hydrogens (primary N) is 1. The fourth-order valence-corrected chi connectivity index (χ4v) is 6.16. The van der Waals surface area contributed by atoms with Crippen LogP contribution in [0.3, 0.4) is 0 Å². The van der Waals surface area contributed by atoms with Crippen molar-refractivity contribution in [2.75, 3.05) is 18.9 Å². The van der Waals surface area contributed by atoms with Crippen molar-refractivity contribution in [3.63, 3.8) is 0 Å². The van der Waals surface area contributed by atoms with Crippen LogP contribution >= 0.6 is 35.1 Å². The molecule has 0 aliphatic carbocycles. The van der Waals surface area contributed by atoms with Crippen molar-refractivity contribution in [1.82, 2.24) is 9.55 Å². The molecule has 1 saturated heterocycles. The van der Waals surface area contributed by atoms with E-state index < -0.39 is 77.1 Å². The Bertz CT molecular complexity index is 1150. The first kappa shape index (κ1) is 28.0. The van der Waals surface area contributed by atoms with E-state index in [1.54, 1.807) is 0 Å². The first-order valence-electron chi connectivity index (χ1n) is 8.20. The lowest BCUT2D eigenvalue weighted by molar-refractivity contribution is -0.0377. The Kier molecular flexibility index (Phi) is 8.33. The average molecular weight is 558 g/mol. The number of rotatable bonds is 9. The number of phosphoric ester groups is 1. The number of nitrogen functional groups attached to an aromatic ring is 1. The maximum Gasteiger partial charge on any atom is 0.490 e. The Balaban J connectivity index is 2.28. The Labute approximate surface area is 188 Å². The van der Waals surface area contributed by atoms with Gasteiger partial charge >= 0.3 is 29.2 Å². The van der Waals surface area contributed by atoms with E-state index in [0.29, 0.717) is 10.8 Å². The van der Waals surface area contributed by atoms with Crippen LogP contribution in [0.15, 0.2) is 11.0 Å². The number of aliphatic hydroxyl groups is 1. The van der Waals surface area contributed by atoms with Crippen molar-refractivity contribution < 1.29 is 60.6 Å². The number of aliphatic hydroxyl groups excluding tert-OH is 1. The standard InChI is InChI=1S/C12H16ClFN3O13P3/c1-2-12(13)6(4-18)8(28-10(12)17-3-7(14)9(15)16-11(17)19)5-27-32(23,24)30-33(25,26)29-31(20,21)22/h1,3,6,8,10,18H,4-5H2,(H,23,24)(H,25,26)(H2,15,16,19)(H2,20,21,22)/t6?,8-,10-,12?/m1/s1. The summed E-state index contributed by atoms with van der Waals surface area (Å²) in [5.74, 6) is -1.15. The van der Waals surface area contributed by atoms with Gasteiger partial charge in [0, 0.05) is 5.92 Å². The van der Waals surface area contributed by atoms with Crippen molar-refractivity contribution in [3.05, 3.63) is 22.5 Å². The highest BCUT2D eigenvalue weighted by atomic mass is 35.5. The lowest BCUT2D eigenvalue weighted by atomic mass is 9.89. The summed E-state index contributed by atoms with van der Waals surface area (Å²) in [5.41, 5.74) is 4.06. The third-order valence-electron chi connectivity index (χ3n) is 4.07. The number of anilines is 1. The number of hydrogen-bond donors (Lipinski definition) is 6. The molecule has 16 nitrogen and oxygen atoms in total. The molecular weight excluding hydrogens is 542 g/mol. The quantitative estimate of drug-likeness (QED) is 0.126. The van der Waals surface area contributed by atoms with E-state index in [-0.39, 0.29) is 0 Å². The van der Waals surface area contributed by atoms with Gasteiger partial charge < -0.3 is 35.2 Å². The molecule has 2 rings (SSSR count). The van der Waals surface area contributed by atoms with Crippen LogP contribution in [-0.2, 0) is 31.6 Å². The lowest BCUT2D eigenvalue weighted by Gasteiger charge is -2.27. The average Bonchev–Trinajstić information content (AvgIpc) is 2.92. The summed E-state index contributed by atoms with van der Waals surface area (Å²) in [4.78, 5) is 49.1. The zero-order valence-electron chi connectivity index (χ0n) is 15.9. The molecule has 1 aromatic rings. The number of phosphoric acid groups is 3. The van der Waals surface area contributed by atoms with Crippen molar-refractivity contribution in [1.29, 1.82) is 0 Å². The van der Waals surface area contributed by atoms with Crippen LogP contribution in [0.25, 0.3) is 0 Å². The third-order valence-corrected chi connectivity index (χ3v) is 8.45. The normalized spacial score (nSPS) is 29.2. The Morgan fingerprint density at radius 3 is 2.42 bits per heavy atom. The fraction of sp³-hybridized carbons (Fsp3) is 0.500. The van der Waals surface area contributed by atoms with Gasteiger partial charge in [0.05, 0.1) is 25.5 Å². The summed E-state index contributed by atoms with van der Waals surface area (Å²) in [6, 6.07) is 0. The molecule has 1 aliphatic heterocycles. The minimum absolute atomic E-state index is 0.520. The van der Waals surface area contributed by atoms with E-state index in [9.17, 15) is 32.9 Å². The molecular formula is C12H16ClFN3O13P3. The van der Waals surface area contributed by atoms with E-state index in [4.69, 9.17) is 43.2 Å². The SMILES string of the molecule is C#CC1(Cl)C(CO)[C@@H](COP(=O)(O)OP(=O)(O)OP(=O)(O)O)O[C@H]1n1cc(F)c(N)nc1=O. The van der Waals surface area contributed by atoms with Crippen LogP contribution in [0.1, 0.15) is 6.23 Å². The second-order valence-electron chi connectivity index (χ2n) is 6.28. The largest absolute Gasteiger partial charge is 0.490 e. The van der Waals surface area contributed by atoms with Crippen LogP contribution in [0, 0.1) is 24.1 Å². The molecule has 0 aromatic carbocycles. The van der Waals surface area contributed by atoms with Crippen LogP contribution in [0.5, 0.6) is 0 Å². The summed E-state index contributed by atoms with van der Waals surface area (Å²) < 4.78 is 65.3. The Hall–Kier alpha value is -1.21. The van der Waals surface area contributed by atoms with Crippen LogP contribution in [0.4, 0.5) is 10.2 Å². The van der Waals surface area contributed by atoms with Gasteiger partial charge in [-0.15, -0.1) is 6.42 Å². The Morgan fingerprint density at radius 2 is 1.91 bits per heavy atom. The number of halogens is 2. The van der Waals surface area contributed by atoms with Crippen molar-refractivity contribution in [2.45, 2.75) is 17.2 Å². The van der Waals surface area contributed by atoms with Gasteiger partial charge in [-0.3, -0.25) is 9.09 Å². The van der Waals surface area contributed by atoms with Crippen molar-refractivity contribution in [3.8, 4) is 12.3 Å². The summed E-state index contributed by atoms with van der Waals surface area (Å²) in [6.07, 6.45) is 2.77. The zero-order valence-corrected chi connectivity index (χ0v) is 19.3. The molecule has 33 heavy (non-hydrogen) atoms. The summed E-state index contributed by atoms with van der Waals surface area (Å²) in [7, 11) is -16.9. The molecule has 0 amide bonds. The number of ether oxygens (including phenoxy) is 1. The molecule has 1 aromatic heterocycles. The predicted molar refractivity (Wildman–Crippen MR) is 105 cm³/mol. The molecule has 4 unspecified atom stereocenters. The molecule has 0 radical (unpaired) electrons. The smallest absolute Gasteiger partial charge is 0.396 e. The first-order chi connectivity index (χ1) is 14.9. The maximum absolute atomic E-state index is 13.8. The predicted octanol–water partition coefficient (Wildman–Crippen LogP) is -0.575. The van der Waals surface area contributed by atoms with Crippen molar-refractivity contribution in [2.24, 2.45) is 5.92 Å². The number of alkyl halides is 1. The lowest BCUT2D eigenvalue weighted by Crippen LogP contribution is -2.42. The number of aromatic nitrogens is 2. The fourth-order valence-electron chi connectivity index (χ4n) is 2.76. The minimum Gasteiger partial charge on any atom is -0.396 e. The monoisotopic (exact) mass is 557 g/mol. The molecule has 186 valence electrons. The molecule has 0 spiro atoms. The zero-order chi connectivity index (χ0) is 25.4. The molecule has 1 fully saturated rings. The van der Waals surface area contributed by atoms with E-state index in [1.807, 2.05) is 0 Å². The van der Waals surface area contributed by atoms with Crippen molar-refractivity contribution >= 4 is 40.9 Å². The van der Waals surface area contributed by atoms with Gasteiger partial charge in [-0.05, 0) is 0 Å². The number of terminal acetylenes is 1. The van der Waals surface area contributed by atoms with Gasteiger partial charge in [0.2, 0.25) is 0 Å². The molecule has 7 N–H and O–H groups in total. The highest BCUT2D eigenvalue weighted by molar-refractivity contribution is 7.66. The molecule has 21 heteroatoms. The van der Waals surface area contributed by atoms with E-state index >= 15 is 0 Å². The third kappa shape index (κ3) is 6.68. The van der Waals surface area contributed by atoms with Gasteiger partial charge in [0.15, 0.2) is 22.7 Å². The maximum atomic E-state index is 13.8. The van der Waals surface area contributed by atoms with Crippen LogP contribution in [-0.4, -0.2) is 58.4 Å². The highest BCUT2D eigenvalue weighted by Gasteiger charge is 2.56. The Morgan fingerprint density at radius 1 is 1.30 bits per heavy atom. The van der Waals surface area contributed by atoms with Gasteiger partial charge in [-0.2, -0.15) is 13.6 Å². The van der Waals surface area contributed by atoms with Crippen LogP contribution in [0.2, 0.25) is 0 Å². The van der Waals surface area contributed by atoms with Gasteiger partial charge in [0.1, 0.15) is 0 Å². The first-order valence-corrected chi connectivity index (χ1v) is 13.1. The highest BCUT2D eigenvalue weighted by Crippen LogP contribution is 2.66. The van der Waals surface area contributed by atoms with Gasteiger partial charge in [-0.1, -0.05) is 17.5 Å². The molecule has 0 bridgehead atoms. The molecule has 1 aliphatic rings. The summed E-state index contributed by atoms with van der Waals surface area (Å²) >= 11 is 6.34. The second-order valence-corrected chi connectivity index (χ2v) is 11.3. The molecule has 0 saturated carbocycles. The van der Waals surface area contributed by atoms with E-state index in [0.717, 1.165) is 0 Å². The van der Waals surface area contributed by atoms with Gasteiger partial charge in [0.25, 0.3) is 0 Å². The molecule has 6 atom stereocenters.